The van der Waals surface area contributed by atoms with Crippen LogP contribution in [-0.2, 0) is 33.2 Å². The maximum Gasteiger partial charge on any atom is 0.306 e. The van der Waals surface area contributed by atoms with E-state index in [0.717, 1.165) is 89.9 Å². The van der Waals surface area contributed by atoms with Gasteiger partial charge in [-0.15, -0.1) is 0 Å². The van der Waals surface area contributed by atoms with Crippen molar-refractivity contribution in [3.8, 4) is 0 Å². The number of ether oxygens (including phenoxy) is 6. The lowest BCUT2D eigenvalue weighted by Gasteiger charge is -2.42. The summed E-state index contributed by atoms with van der Waals surface area (Å²) in [5.41, 5.74) is 0. The van der Waals surface area contributed by atoms with Crippen molar-refractivity contribution in [2.45, 2.75) is 229 Å². The summed E-state index contributed by atoms with van der Waals surface area (Å²) in [6.07, 6.45) is 41.9. The quantitative estimate of drug-likeness (QED) is 0.0173. The minimum atomic E-state index is -1.72. The first-order valence-electron chi connectivity index (χ1n) is 27.3. The molecule has 7 N–H and O–H groups in total. The van der Waals surface area contributed by atoms with Crippen LogP contribution in [0.3, 0.4) is 0 Å². The molecule has 2 heterocycles. The van der Waals surface area contributed by atoms with Crippen molar-refractivity contribution in [3.05, 3.63) is 97.2 Å². The Morgan fingerprint density at radius 3 is 1.42 bits per heavy atom. The van der Waals surface area contributed by atoms with Gasteiger partial charge in [-0.25, -0.2) is 0 Å². The zero-order valence-corrected chi connectivity index (χ0v) is 43.9. The smallest absolute Gasteiger partial charge is 0.306 e. The van der Waals surface area contributed by atoms with Gasteiger partial charge in [0, 0.05) is 13.0 Å². The Bertz CT molecular complexity index is 1550. The minimum absolute atomic E-state index is 0.0121. The van der Waals surface area contributed by atoms with Crippen molar-refractivity contribution in [3.63, 3.8) is 0 Å². The Hall–Kier alpha value is -3.09. The molecule has 11 atom stereocenters. The van der Waals surface area contributed by atoms with Gasteiger partial charge in [-0.3, -0.25) is 4.79 Å². The van der Waals surface area contributed by atoms with E-state index >= 15 is 0 Å². The fourth-order valence-corrected chi connectivity index (χ4v) is 7.92. The van der Waals surface area contributed by atoms with E-state index in [1.165, 1.54) is 44.9 Å². The second-order valence-electron chi connectivity index (χ2n) is 18.7. The van der Waals surface area contributed by atoms with Crippen LogP contribution in [0.15, 0.2) is 97.2 Å². The molecule has 72 heavy (non-hydrogen) atoms. The fourth-order valence-electron chi connectivity index (χ4n) is 7.92. The third kappa shape index (κ3) is 30.9. The maximum atomic E-state index is 13.0. The summed E-state index contributed by atoms with van der Waals surface area (Å²) in [7, 11) is 0. The average molecular weight is 1020 g/mol. The largest absolute Gasteiger partial charge is 0.457 e. The molecule has 0 radical (unpaired) electrons. The van der Waals surface area contributed by atoms with Gasteiger partial charge in [-0.2, -0.15) is 0 Å². The van der Waals surface area contributed by atoms with E-state index in [2.05, 4.69) is 111 Å². The zero-order valence-electron chi connectivity index (χ0n) is 43.9. The Morgan fingerprint density at radius 1 is 0.472 bits per heavy atom. The van der Waals surface area contributed by atoms with Gasteiger partial charge in [-0.1, -0.05) is 162 Å². The van der Waals surface area contributed by atoms with Crippen LogP contribution >= 0.6 is 0 Å². The molecule has 2 aliphatic heterocycles. The van der Waals surface area contributed by atoms with E-state index in [0.29, 0.717) is 13.0 Å². The molecule has 0 amide bonds. The van der Waals surface area contributed by atoms with Gasteiger partial charge < -0.3 is 64.2 Å². The molecule has 2 fully saturated rings. The molecule has 0 aromatic heterocycles. The van der Waals surface area contributed by atoms with Gasteiger partial charge in [0.15, 0.2) is 12.6 Å². The lowest BCUT2D eigenvalue weighted by molar-refractivity contribution is -0.332. The highest BCUT2D eigenvalue weighted by molar-refractivity contribution is 5.69. The lowest BCUT2D eigenvalue weighted by atomic mass is 9.98. The van der Waals surface area contributed by atoms with Crippen LogP contribution in [0.2, 0.25) is 0 Å². The molecule has 2 rings (SSSR count). The topological polar surface area (TPSA) is 214 Å². The van der Waals surface area contributed by atoms with Gasteiger partial charge in [0.2, 0.25) is 0 Å². The number of rotatable bonds is 42. The van der Waals surface area contributed by atoms with Gasteiger partial charge in [0.1, 0.15) is 54.9 Å². The van der Waals surface area contributed by atoms with E-state index in [4.69, 9.17) is 28.4 Å². The molecule has 0 aromatic rings. The summed E-state index contributed by atoms with van der Waals surface area (Å²) >= 11 is 0. The minimum Gasteiger partial charge on any atom is -0.457 e. The summed E-state index contributed by atoms with van der Waals surface area (Å²) < 4.78 is 34.2. The zero-order chi connectivity index (χ0) is 52.3. The van der Waals surface area contributed by atoms with E-state index in [1.54, 1.807) is 0 Å². The number of hydrogen-bond acceptors (Lipinski definition) is 14. The van der Waals surface area contributed by atoms with Crippen molar-refractivity contribution in [1.82, 2.24) is 0 Å². The van der Waals surface area contributed by atoms with Crippen LogP contribution in [0, 0.1) is 0 Å². The molecule has 2 aliphatic rings. The average Bonchev–Trinajstić information content (AvgIpc) is 3.38. The van der Waals surface area contributed by atoms with Crippen molar-refractivity contribution in [2.75, 3.05) is 33.0 Å². The Labute approximate surface area is 432 Å². The molecule has 412 valence electrons. The summed E-state index contributed by atoms with van der Waals surface area (Å²) in [5, 5.41) is 72.2. The number of aliphatic hydroxyl groups is 7. The molecule has 2 saturated heterocycles. The fraction of sp³-hybridized carbons (Fsp3) is 0.707. The highest BCUT2D eigenvalue weighted by atomic mass is 16.7. The van der Waals surface area contributed by atoms with E-state index < -0.39 is 86.7 Å². The van der Waals surface area contributed by atoms with Gasteiger partial charge in [0.25, 0.3) is 0 Å². The van der Waals surface area contributed by atoms with Crippen molar-refractivity contribution >= 4 is 5.97 Å². The maximum absolute atomic E-state index is 13.0. The SMILES string of the molecule is CC/C=C\C/C=C\C/C=C\C/C=C\C/C=C\C/C=C\CCCOCC(COC1OC(COC2OC(CO)C(O)C(O)C2O)C(O)C(O)C1O)OC(=O)CCCCCCCCC/C=C\C/C=C\CCCCCC. The summed E-state index contributed by atoms with van der Waals surface area (Å²) in [5.74, 6) is -0.408. The van der Waals surface area contributed by atoms with Gasteiger partial charge in [-0.05, 0) is 89.9 Å². The van der Waals surface area contributed by atoms with Crippen molar-refractivity contribution in [2.24, 2.45) is 0 Å². The standard InChI is InChI=1S/C58H96O14/c1-3-5-7-9-11-13-15-17-19-21-23-24-26-28-30-32-34-36-38-40-42-67-44-47(70-50(60)41-39-37-35-33-31-29-27-25-22-20-18-16-14-12-10-8-6-4-2)45-68-57-56(66)54(64)52(62)49(72-57)46-69-58-55(65)53(63)51(61)48(43-59)71-58/h5,7,11,13-14,16-17,19-20,22-24,28,30,34,36,47-49,51-59,61-66H,3-4,6,8-10,12,15,18,21,25-27,29,31-33,35,37-46H2,1-2H3/b7-5-,13-11-,16-14-,19-17-,22-20-,24-23-,30-28-,36-34-. The molecule has 0 bridgehead atoms. The normalized spacial score (nSPS) is 25.9. The summed E-state index contributed by atoms with van der Waals surface area (Å²) in [6, 6.07) is 0. The number of allylic oxidation sites excluding steroid dienone is 16. The van der Waals surface area contributed by atoms with Crippen LogP contribution in [-0.4, -0.2) is 142 Å². The van der Waals surface area contributed by atoms with E-state index in [9.17, 15) is 40.5 Å². The van der Waals surface area contributed by atoms with Crippen LogP contribution in [0.1, 0.15) is 162 Å². The number of carbonyl (C=O) groups excluding carboxylic acids is 1. The highest BCUT2D eigenvalue weighted by Gasteiger charge is 2.47. The third-order valence-corrected chi connectivity index (χ3v) is 12.3. The van der Waals surface area contributed by atoms with Crippen LogP contribution < -0.4 is 0 Å². The first-order chi connectivity index (χ1) is 35.1. The monoisotopic (exact) mass is 1020 g/mol. The molecule has 0 spiro atoms. The van der Waals surface area contributed by atoms with Crippen molar-refractivity contribution < 1.29 is 69.0 Å². The Balaban J connectivity index is 1.79. The van der Waals surface area contributed by atoms with Gasteiger partial charge in [0.05, 0.1) is 26.4 Å². The molecule has 14 heteroatoms. The Kier molecular flexibility index (Phi) is 39.9. The summed E-state index contributed by atoms with van der Waals surface area (Å²) in [4.78, 5) is 13.0. The number of hydrogen-bond donors (Lipinski definition) is 7. The van der Waals surface area contributed by atoms with Crippen LogP contribution in [0.5, 0.6) is 0 Å². The molecular weight excluding hydrogens is 921 g/mol. The third-order valence-electron chi connectivity index (χ3n) is 12.3. The van der Waals surface area contributed by atoms with Crippen LogP contribution in [0.4, 0.5) is 0 Å². The summed E-state index contributed by atoms with van der Waals surface area (Å²) in [6.45, 7) is 3.37. The first kappa shape index (κ1) is 65.0. The second-order valence-corrected chi connectivity index (χ2v) is 18.7. The highest BCUT2D eigenvalue weighted by Crippen LogP contribution is 2.26. The van der Waals surface area contributed by atoms with E-state index in [1.807, 2.05) is 0 Å². The molecule has 0 saturated carbocycles. The molecule has 14 nitrogen and oxygen atoms in total. The molecular formula is C58H96O14. The second kappa shape index (κ2) is 44.2. The predicted octanol–water partition coefficient (Wildman–Crippen LogP) is 9.02. The van der Waals surface area contributed by atoms with Gasteiger partial charge >= 0.3 is 5.97 Å². The number of carbonyl (C=O) groups is 1. The van der Waals surface area contributed by atoms with Crippen molar-refractivity contribution in [1.29, 1.82) is 0 Å². The predicted molar refractivity (Wildman–Crippen MR) is 284 cm³/mol. The Morgan fingerprint density at radius 2 is 0.903 bits per heavy atom. The lowest BCUT2D eigenvalue weighted by Crippen LogP contribution is -2.61. The molecule has 0 aliphatic carbocycles. The van der Waals surface area contributed by atoms with E-state index in [-0.39, 0.29) is 19.6 Å². The molecule has 11 unspecified atom stereocenters. The van der Waals surface area contributed by atoms with Crippen LogP contribution in [0.25, 0.3) is 0 Å². The number of aliphatic hydroxyl groups excluding tert-OH is 7. The molecule has 0 aromatic carbocycles. The number of unbranched alkanes of at least 4 members (excludes halogenated alkanes) is 12. The first-order valence-corrected chi connectivity index (χ1v) is 27.3. The number of esters is 1.